The van der Waals surface area contributed by atoms with Crippen LogP contribution in [0.2, 0.25) is 0 Å². The smallest absolute Gasteiger partial charge is 0.186 e. The molecule has 1 aliphatic rings. The van der Waals surface area contributed by atoms with Gasteiger partial charge in [0, 0.05) is 11.9 Å². The van der Waals surface area contributed by atoms with Crippen molar-refractivity contribution in [1.29, 1.82) is 0 Å². The molecule has 0 amide bonds. The summed E-state index contributed by atoms with van der Waals surface area (Å²) in [5, 5.41) is 3.17. The number of nitrogens with one attached hydrogen (secondary N) is 1. The molecule has 17 heavy (non-hydrogen) atoms. The molecule has 1 saturated carbocycles. The van der Waals surface area contributed by atoms with Crippen LogP contribution in [-0.2, 0) is 6.42 Å². The summed E-state index contributed by atoms with van der Waals surface area (Å²) in [6.07, 6.45) is 5.26. The van der Waals surface area contributed by atoms with Gasteiger partial charge >= 0.3 is 0 Å². The second-order valence-corrected chi connectivity index (χ2v) is 4.74. The predicted octanol–water partition coefficient (Wildman–Crippen LogP) is 3.00. The van der Waals surface area contributed by atoms with Gasteiger partial charge in [0.1, 0.15) is 6.33 Å². The van der Waals surface area contributed by atoms with Crippen LogP contribution in [0.1, 0.15) is 31.9 Å². The van der Waals surface area contributed by atoms with Crippen molar-refractivity contribution in [3.8, 4) is 0 Å². The molecule has 0 bridgehead atoms. The number of hydrogen-bond acceptors (Lipinski definition) is 3. The van der Waals surface area contributed by atoms with E-state index >= 15 is 0 Å². The summed E-state index contributed by atoms with van der Waals surface area (Å²) in [5.41, 5.74) is 0.461. The number of hydrogen-bond donors (Lipinski definition) is 1. The zero-order chi connectivity index (χ0) is 12.3. The molecule has 1 aromatic heterocycles. The third-order valence-electron chi connectivity index (χ3n) is 3.38. The lowest BCUT2D eigenvalue weighted by Crippen LogP contribution is -2.26. The lowest BCUT2D eigenvalue weighted by atomic mass is 10.1. The first-order valence-corrected chi connectivity index (χ1v) is 6.61. The Balaban J connectivity index is 2.13. The van der Waals surface area contributed by atoms with Crippen molar-refractivity contribution < 1.29 is 4.39 Å². The Bertz CT molecular complexity index is 386. The molecule has 2 rings (SSSR count). The van der Waals surface area contributed by atoms with Crippen LogP contribution < -0.4 is 5.32 Å². The highest BCUT2D eigenvalue weighted by atomic mass is 35.5. The van der Waals surface area contributed by atoms with E-state index in [0.29, 0.717) is 29.7 Å². The van der Waals surface area contributed by atoms with Crippen molar-refractivity contribution >= 4 is 17.4 Å². The van der Waals surface area contributed by atoms with Gasteiger partial charge in [-0.3, -0.25) is 0 Å². The van der Waals surface area contributed by atoms with Gasteiger partial charge in [-0.05, 0) is 25.2 Å². The summed E-state index contributed by atoms with van der Waals surface area (Å²) in [6.45, 7) is 1.88. The van der Waals surface area contributed by atoms with E-state index in [9.17, 15) is 4.39 Å². The summed E-state index contributed by atoms with van der Waals surface area (Å²) in [4.78, 5) is 7.90. The standard InChI is InChI=1S/C12H17ClFN3/c1-2-9-11(14)12(16-7-15-9)17-10-5-3-4-8(10)6-13/h7-8,10H,2-6H2,1H3,(H,15,16,17). The molecule has 0 aliphatic heterocycles. The van der Waals surface area contributed by atoms with Crippen LogP contribution in [0.15, 0.2) is 6.33 Å². The lowest BCUT2D eigenvalue weighted by molar-refractivity contribution is 0.546. The first-order valence-electron chi connectivity index (χ1n) is 6.08. The fourth-order valence-corrected chi connectivity index (χ4v) is 2.71. The minimum Gasteiger partial charge on any atom is -0.364 e. The van der Waals surface area contributed by atoms with Gasteiger partial charge in [-0.15, -0.1) is 11.6 Å². The van der Waals surface area contributed by atoms with E-state index in [4.69, 9.17) is 11.6 Å². The molecule has 2 unspecified atom stereocenters. The second kappa shape index (κ2) is 5.63. The molecule has 1 fully saturated rings. The van der Waals surface area contributed by atoms with Crippen molar-refractivity contribution in [2.75, 3.05) is 11.2 Å². The molecular formula is C12H17ClFN3. The van der Waals surface area contributed by atoms with Crippen molar-refractivity contribution in [3.05, 3.63) is 17.8 Å². The quantitative estimate of drug-likeness (QED) is 0.843. The van der Waals surface area contributed by atoms with Crippen molar-refractivity contribution in [1.82, 2.24) is 9.97 Å². The second-order valence-electron chi connectivity index (χ2n) is 4.43. The van der Waals surface area contributed by atoms with Gasteiger partial charge in [0.15, 0.2) is 11.6 Å². The van der Waals surface area contributed by atoms with Crippen LogP contribution in [0.25, 0.3) is 0 Å². The Morgan fingerprint density at radius 1 is 1.47 bits per heavy atom. The monoisotopic (exact) mass is 257 g/mol. The molecule has 5 heteroatoms. The fraction of sp³-hybridized carbons (Fsp3) is 0.667. The van der Waals surface area contributed by atoms with Crippen LogP contribution in [0, 0.1) is 11.7 Å². The Hall–Kier alpha value is -0.900. The molecule has 0 saturated heterocycles. The average molecular weight is 258 g/mol. The van der Waals surface area contributed by atoms with Crippen LogP contribution in [0.3, 0.4) is 0 Å². The summed E-state index contributed by atoms with van der Waals surface area (Å²) >= 11 is 5.90. The zero-order valence-corrected chi connectivity index (χ0v) is 10.7. The average Bonchev–Trinajstić information content (AvgIpc) is 2.79. The maximum Gasteiger partial charge on any atom is 0.186 e. The summed E-state index contributed by atoms with van der Waals surface area (Å²) in [5.74, 6) is 1.02. The molecular weight excluding hydrogens is 241 g/mol. The highest BCUT2D eigenvalue weighted by Crippen LogP contribution is 2.29. The first kappa shape index (κ1) is 12.6. The SMILES string of the molecule is CCc1ncnc(NC2CCCC2CCl)c1F. The minimum atomic E-state index is -0.324. The van der Waals surface area contributed by atoms with E-state index in [1.165, 1.54) is 6.33 Å². The van der Waals surface area contributed by atoms with Crippen molar-refractivity contribution in [2.45, 2.75) is 38.6 Å². The number of alkyl halides is 1. The van der Waals surface area contributed by atoms with Gasteiger partial charge < -0.3 is 5.32 Å². The summed E-state index contributed by atoms with van der Waals surface area (Å²) < 4.78 is 13.9. The van der Waals surface area contributed by atoms with E-state index in [2.05, 4.69) is 15.3 Å². The normalized spacial score (nSPS) is 23.9. The minimum absolute atomic E-state index is 0.238. The topological polar surface area (TPSA) is 37.8 Å². The Morgan fingerprint density at radius 3 is 3.00 bits per heavy atom. The van der Waals surface area contributed by atoms with Crippen molar-refractivity contribution in [3.63, 3.8) is 0 Å². The first-order chi connectivity index (χ1) is 8.26. The number of aryl methyl sites for hydroxylation is 1. The van der Waals surface area contributed by atoms with Gasteiger partial charge in [0.2, 0.25) is 0 Å². The molecule has 1 N–H and O–H groups in total. The highest BCUT2D eigenvalue weighted by Gasteiger charge is 2.27. The predicted molar refractivity (Wildman–Crippen MR) is 66.8 cm³/mol. The molecule has 0 radical (unpaired) electrons. The summed E-state index contributed by atoms with van der Waals surface area (Å²) in [7, 11) is 0. The summed E-state index contributed by atoms with van der Waals surface area (Å²) in [6, 6.07) is 0.238. The van der Waals surface area contributed by atoms with Gasteiger partial charge in [-0.2, -0.15) is 0 Å². The van der Waals surface area contributed by atoms with E-state index in [1.54, 1.807) is 0 Å². The Morgan fingerprint density at radius 2 is 2.29 bits per heavy atom. The molecule has 1 aromatic rings. The maximum absolute atomic E-state index is 13.9. The lowest BCUT2D eigenvalue weighted by Gasteiger charge is -2.19. The van der Waals surface area contributed by atoms with Crippen LogP contribution in [0.5, 0.6) is 0 Å². The van der Waals surface area contributed by atoms with Crippen molar-refractivity contribution in [2.24, 2.45) is 5.92 Å². The Labute approximate surface area is 106 Å². The van der Waals surface area contributed by atoms with E-state index in [0.717, 1.165) is 19.3 Å². The molecule has 1 aliphatic carbocycles. The van der Waals surface area contributed by atoms with Gasteiger partial charge in [-0.1, -0.05) is 13.3 Å². The number of aromatic nitrogens is 2. The molecule has 0 spiro atoms. The third kappa shape index (κ3) is 2.68. The van der Waals surface area contributed by atoms with Crippen LogP contribution >= 0.6 is 11.6 Å². The highest BCUT2D eigenvalue weighted by molar-refractivity contribution is 6.18. The maximum atomic E-state index is 13.9. The van der Waals surface area contributed by atoms with E-state index < -0.39 is 0 Å². The van der Waals surface area contributed by atoms with Gasteiger partial charge in [-0.25, -0.2) is 14.4 Å². The Kier molecular flexibility index (Phi) is 4.15. The van der Waals surface area contributed by atoms with E-state index in [1.807, 2.05) is 6.92 Å². The molecule has 0 aromatic carbocycles. The molecule has 1 heterocycles. The largest absolute Gasteiger partial charge is 0.364 e. The molecule has 94 valence electrons. The number of rotatable bonds is 4. The third-order valence-corrected chi connectivity index (χ3v) is 3.77. The number of halogens is 2. The van der Waals surface area contributed by atoms with Crippen LogP contribution in [-0.4, -0.2) is 21.9 Å². The molecule has 2 atom stereocenters. The zero-order valence-electron chi connectivity index (χ0n) is 9.92. The van der Waals surface area contributed by atoms with E-state index in [-0.39, 0.29) is 11.9 Å². The van der Waals surface area contributed by atoms with Crippen LogP contribution in [0.4, 0.5) is 10.2 Å². The van der Waals surface area contributed by atoms with Gasteiger partial charge in [0.25, 0.3) is 0 Å². The number of anilines is 1. The molecule has 3 nitrogen and oxygen atoms in total. The fourth-order valence-electron chi connectivity index (χ4n) is 2.34. The number of nitrogens with zero attached hydrogens (tertiary/aromatic N) is 2. The van der Waals surface area contributed by atoms with Gasteiger partial charge in [0.05, 0.1) is 5.69 Å².